The Kier molecular flexibility index (Phi) is 4.23. The summed E-state index contributed by atoms with van der Waals surface area (Å²) in [7, 11) is 1.74. The van der Waals surface area contributed by atoms with Crippen molar-refractivity contribution in [3.63, 3.8) is 0 Å². The van der Waals surface area contributed by atoms with Crippen molar-refractivity contribution in [1.29, 1.82) is 5.26 Å². The number of aliphatic hydroxyl groups excluding tert-OH is 1. The van der Waals surface area contributed by atoms with Crippen molar-refractivity contribution in [1.82, 2.24) is 5.32 Å². The summed E-state index contributed by atoms with van der Waals surface area (Å²) >= 11 is 0. The van der Waals surface area contributed by atoms with Gasteiger partial charge in [-0.05, 0) is 7.05 Å². The summed E-state index contributed by atoms with van der Waals surface area (Å²) in [6.45, 7) is 0.494. The average molecular weight is 114 g/mol. The molecule has 0 aromatic heterocycles. The van der Waals surface area contributed by atoms with E-state index in [1.54, 1.807) is 7.05 Å². The molecule has 0 saturated carbocycles. The van der Waals surface area contributed by atoms with E-state index in [1.165, 1.54) is 0 Å². The van der Waals surface area contributed by atoms with Crippen molar-refractivity contribution in [3.05, 3.63) is 0 Å². The molecule has 1 unspecified atom stereocenters. The molecule has 0 saturated heterocycles. The second-order valence-electron chi connectivity index (χ2n) is 1.57. The number of hydrogen-bond acceptors (Lipinski definition) is 3. The molecule has 0 aromatic rings. The Bertz CT molecular complexity index is 86.9. The van der Waals surface area contributed by atoms with Crippen LogP contribution in [0.3, 0.4) is 0 Å². The van der Waals surface area contributed by atoms with Gasteiger partial charge in [0.2, 0.25) is 0 Å². The van der Waals surface area contributed by atoms with Crippen LogP contribution in [0.15, 0.2) is 0 Å². The lowest BCUT2D eigenvalue weighted by molar-refractivity contribution is 0.179. The summed E-state index contributed by atoms with van der Waals surface area (Å²) < 4.78 is 0. The maximum Gasteiger partial charge on any atom is 0.0794 e. The first-order chi connectivity index (χ1) is 3.81. The van der Waals surface area contributed by atoms with Crippen LogP contribution in [0.25, 0.3) is 0 Å². The molecule has 3 heteroatoms. The molecule has 0 amide bonds. The first-order valence-electron chi connectivity index (χ1n) is 2.51. The van der Waals surface area contributed by atoms with Crippen LogP contribution in [-0.2, 0) is 0 Å². The summed E-state index contributed by atoms with van der Waals surface area (Å²) in [5.41, 5.74) is 0. The first kappa shape index (κ1) is 7.41. The van der Waals surface area contributed by atoms with Crippen LogP contribution in [0.5, 0.6) is 0 Å². The second-order valence-corrected chi connectivity index (χ2v) is 1.57. The number of nitrogens with one attached hydrogen (secondary N) is 1. The number of rotatable bonds is 3. The van der Waals surface area contributed by atoms with E-state index >= 15 is 0 Å². The van der Waals surface area contributed by atoms with Gasteiger partial charge in [0, 0.05) is 6.54 Å². The fourth-order valence-corrected chi connectivity index (χ4v) is 0.413. The van der Waals surface area contributed by atoms with Gasteiger partial charge in [0.05, 0.1) is 18.6 Å². The Morgan fingerprint density at radius 2 is 2.50 bits per heavy atom. The molecule has 0 aromatic carbocycles. The number of aliphatic hydroxyl groups is 1. The molecule has 2 N–H and O–H groups in total. The Labute approximate surface area is 48.9 Å². The first-order valence-corrected chi connectivity index (χ1v) is 2.51. The van der Waals surface area contributed by atoms with E-state index in [4.69, 9.17) is 10.4 Å². The minimum absolute atomic E-state index is 0.209. The molecule has 46 valence electrons. The molecule has 0 aliphatic heterocycles. The fourth-order valence-electron chi connectivity index (χ4n) is 0.413. The van der Waals surface area contributed by atoms with Gasteiger partial charge in [0.15, 0.2) is 0 Å². The lowest BCUT2D eigenvalue weighted by Gasteiger charge is -2.01. The van der Waals surface area contributed by atoms with Gasteiger partial charge in [0.25, 0.3) is 0 Å². The molecule has 0 heterocycles. The third kappa shape index (κ3) is 3.59. The Hall–Kier alpha value is -0.590. The lowest BCUT2D eigenvalue weighted by Crippen LogP contribution is -2.22. The zero-order valence-electron chi connectivity index (χ0n) is 4.89. The second kappa shape index (κ2) is 4.57. The summed E-state index contributed by atoms with van der Waals surface area (Å²) in [6.07, 6.45) is -0.300. The van der Waals surface area contributed by atoms with Crippen LogP contribution in [0.2, 0.25) is 0 Å². The van der Waals surface area contributed by atoms with Gasteiger partial charge in [-0.2, -0.15) is 5.26 Å². The van der Waals surface area contributed by atoms with Gasteiger partial charge in [-0.3, -0.25) is 0 Å². The highest BCUT2D eigenvalue weighted by Crippen LogP contribution is 1.84. The molecule has 0 fully saturated rings. The molecular formula is C5H10N2O. The summed E-state index contributed by atoms with van der Waals surface area (Å²) in [5.74, 6) is 0. The fraction of sp³-hybridized carbons (Fsp3) is 0.800. The summed E-state index contributed by atoms with van der Waals surface area (Å²) in [4.78, 5) is 0. The summed E-state index contributed by atoms with van der Waals surface area (Å²) in [6, 6.07) is 1.86. The van der Waals surface area contributed by atoms with Gasteiger partial charge < -0.3 is 10.4 Å². The zero-order valence-corrected chi connectivity index (χ0v) is 4.89. The van der Waals surface area contributed by atoms with E-state index in [0.29, 0.717) is 6.54 Å². The monoisotopic (exact) mass is 114 g/mol. The largest absolute Gasteiger partial charge is 0.391 e. The quantitative estimate of drug-likeness (QED) is 0.519. The van der Waals surface area contributed by atoms with Crippen LogP contribution >= 0.6 is 0 Å². The van der Waals surface area contributed by atoms with E-state index in [0.717, 1.165) is 0 Å². The van der Waals surface area contributed by atoms with Crippen molar-refractivity contribution < 1.29 is 5.11 Å². The van der Waals surface area contributed by atoms with E-state index in [-0.39, 0.29) is 6.42 Å². The van der Waals surface area contributed by atoms with Crippen LogP contribution in [0.1, 0.15) is 6.42 Å². The molecule has 0 bridgehead atoms. The SMILES string of the molecule is CNCC(O)CC#N. The van der Waals surface area contributed by atoms with Crippen LogP contribution in [0.4, 0.5) is 0 Å². The molecule has 0 aliphatic carbocycles. The Morgan fingerprint density at radius 3 is 2.88 bits per heavy atom. The van der Waals surface area contributed by atoms with Gasteiger partial charge in [0.1, 0.15) is 0 Å². The highest BCUT2D eigenvalue weighted by molar-refractivity contribution is 4.75. The molecule has 0 rings (SSSR count). The van der Waals surface area contributed by atoms with E-state index in [1.807, 2.05) is 6.07 Å². The highest BCUT2D eigenvalue weighted by Gasteiger charge is 1.97. The van der Waals surface area contributed by atoms with Gasteiger partial charge in [-0.25, -0.2) is 0 Å². The van der Waals surface area contributed by atoms with Gasteiger partial charge in [-0.15, -0.1) is 0 Å². The molecule has 1 atom stereocenters. The number of nitriles is 1. The van der Waals surface area contributed by atoms with Crippen molar-refractivity contribution in [2.75, 3.05) is 13.6 Å². The van der Waals surface area contributed by atoms with Crippen molar-refractivity contribution in [3.8, 4) is 6.07 Å². The normalized spacial score (nSPS) is 12.6. The van der Waals surface area contributed by atoms with Crippen molar-refractivity contribution in [2.24, 2.45) is 0 Å². The number of likely N-dealkylation sites (N-methyl/N-ethyl adjacent to an activating group) is 1. The Balaban J connectivity index is 3.08. The third-order valence-corrected chi connectivity index (χ3v) is 0.767. The van der Waals surface area contributed by atoms with Crippen molar-refractivity contribution >= 4 is 0 Å². The molecule has 8 heavy (non-hydrogen) atoms. The van der Waals surface area contributed by atoms with Crippen LogP contribution < -0.4 is 5.32 Å². The maximum atomic E-state index is 8.76. The zero-order chi connectivity index (χ0) is 6.41. The van der Waals surface area contributed by atoms with E-state index < -0.39 is 6.10 Å². The molecule has 3 nitrogen and oxygen atoms in total. The maximum absolute atomic E-state index is 8.76. The van der Waals surface area contributed by atoms with Gasteiger partial charge >= 0.3 is 0 Å². The molecule has 0 radical (unpaired) electrons. The summed E-state index contributed by atoms with van der Waals surface area (Å²) in [5, 5.41) is 19.5. The van der Waals surface area contributed by atoms with Crippen LogP contribution in [-0.4, -0.2) is 24.8 Å². The minimum atomic E-state index is -0.509. The van der Waals surface area contributed by atoms with Gasteiger partial charge in [-0.1, -0.05) is 0 Å². The average Bonchev–Trinajstić information content (AvgIpc) is 1.68. The number of nitrogens with zero attached hydrogens (tertiary/aromatic N) is 1. The minimum Gasteiger partial charge on any atom is -0.391 e. The molecule has 0 aliphatic rings. The predicted octanol–water partition coefficient (Wildman–Crippen LogP) is -0.520. The van der Waals surface area contributed by atoms with E-state index in [9.17, 15) is 0 Å². The number of hydrogen-bond donors (Lipinski definition) is 2. The highest BCUT2D eigenvalue weighted by atomic mass is 16.3. The molecule has 0 spiro atoms. The predicted molar refractivity (Wildman–Crippen MR) is 30.2 cm³/mol. The van der Waals surface area contributed by atoms with Crippen molar-refractivity contribution in [2.45, 2.75) is 12.5 Å². The topological polar surface area (TPSA) is 56.0 Å². The molecular weight excluding hydrogens is 104 g/mol. The standard InChI is InChI=1S/C5H10N2O/c1-7-4-5(8)2-3-6/h5,7-8H,2,4H2,1H3. The lowest BCUT2D eigenvalue weighted by atomic mass is 10.3. The van der Waals surface area contributed by atoms with Crippen LogP contribution in [0, 0.1) is 11.3 Å². The Morgan fingerprint density at radius 1 is 1.88 bits per heavy atom. The van der Waals surface area contributed by atoms with E-state index in [2.05, 4.69) is 5.32 Å². The smallest absolute Gasteiger partial charge is 0.0794 e. The third-order valence-electron chi connectivity index (χ3n) is 0.767.